The minimum absolute atomic E-state index is 0.398. The van der Waals surface area contributed by atoms with Crippen LogP contribution in [0.15, 0.2) is 59.1 Å². The third-order valence-electron chi connectivity index (χ3n) is 2.85. The quantitative estimate of drug-likeness (QED) is 0.471. The monoisotopic (exact) mass is 393 g/mol. The van der Waals surface area contributed by atoms with Gasteiger partial charge < -0.3 is 10.1 Å². The highest BCUT2D eigenvalue weighted by molar-refractivity contribution is 9.10. The first-order valence-corrected chi connectivity index (χ1v) is 7.84. The molecular weight excluding hydrogens is 382 g/mol. The van der Waals surface area contributed by atoms with Crippen molar-refractivity contribution in [2.24, 2.45) is 0 Å². The van der Waals surface area contributed by atoms with E-state index in [0.717, 1.165) is 22.2 Å². The lowest BCUT2D eigenvalue weighted by Gasteiger charge is -2.06. The molecule has 4 nitrogen and oxygen atoms in total. The molecule has 0 unspecified atom stereocenters. The van der Waals surface area contributed by atoms with Crippen LogP contribution in [-0.2, 0) is 9.59 Å². The number of benzene rings is 2. The summed E-state index contributed by atoms with van der Waals surface area (Å²) in [4.78, 5) is 23.5. The number of para-hydroxylation sites is 1. The van der Waals surface area contributed by atoms with Crippen molar-refractivity contribution in [2.45, 2.75) is 6.92 Å². The minimum Gasteiger partial charge on any atom is -0.423 e. The van der Waals surface area contributed by atoms with Crippen LogP contribution in [0.5, 0.6) is 5.75 Å². The molecule has 2 rings (SSSR count). The predicted octanol–water partition coefficient (Wildman–Crippen LogP) is 4.51. The highest BCUT2D eigenvalue weighted by Gasteiger charge is 2.06. The van der Waals surface area contributed by atoms with Gasteiger partial charge in [-0.15, -0.1) is 0 Å². The fourth-order valence-corrected chi connectivity index (χ4v) is 2.36. The zero-order chi connectivity index (χ0) is 16.8. The van der Waals surface area contributed by atoms with Gasteiger partial charge in [-0.3, -0.25) is 4.79 Å². The van der Waals surface area contributed by atoms with Crippen LogP contribution in [0, 0.1) is 6.92 Å². The van der Waals surface area contributed by atoms with E-state index in [1.54, 1.807) is 43.3 Å². The van der Waals surface area contributed by atoms with Gasteiger partial charge in [0.15, 0.2) is 0 Å². The molecule has 118 valence electrons. The number of nitrogens with one attached hydrogen (secondary N) is 1. The van der Waals surface area contributed by atoms with E-state index in [4.69, 9.17) is 16.3 Å². The molecule has 0 bridgehead atoms. The number of hydrogen-bond donors (Lipinski definition) is 1. The van der Waals surface area contributed by atoms with Gasteiger partial charge in [0, 0.05) is 21.6 Å². The van der Waals surface area contributed by atoms with Crippen LogP contribution in [0.25, 0.3) is 0 Å². The summed E-state index contributed by atoms with van der Waals surface area (Å²) in [6, 6.07) is 12.1. The van der Waals surface area contributed by atoms with Crippen molar-refractivity contribution in [3.8, 4) is 5.75 Å². The second-order valence-corrected chi connectivity index (χ2v) is 5.92. The largest absolute Gasteiger partial charge is 0.423 e. The van der Waals surface area contributed by atoms with Gasteiger partial charge in [0.2, 0.25) is 5.91 Å². The Hall–Kier alpha value is -2.11. The number of halogens is 2. The average Bonchev–Trinajstić information content (AvgIpc) is 2.50. The number of hydrogen-bond acceptors (Lipinski definition) is 3. The Balaban J connectivity index is 1.95. The molecule has 0 spiro atoms. The zero-order valence-corrected chi connectivity index (χ0v) is 14.5. The van der Waals surface area contributed by atoms with Gasteiger partial charge in [-0.05, 0) is 58.7 Å². The van der Waals surface area contributed by atoms with E-state index in [9.17, 15) is 9.59 Å². The molecule has 2 aromatic carbocycles. The van der Waals surface area contributed by atoms with Gasteiger partial charge in [0.1, 0.15) is 5.75 Å². The van der Waals surface area contributed by atoms with Gasteiger partial charge in [0.05, 0.1) is 5.69 Å². The first-order valence-electron chi connectivity index (χ1n) is 6.67. The Morgan fingerprint density at radius 1 is 1.17 bits per heavy atom. The minimum atomic E-state index is -0.641. The summed E-state index contributed by atoms with van der Waals surface area (Å²) in [5.41, 5.74) is 1.35. The summed E-state index contributed by atoms with van der Waals surface area (Å²) >= 11 is 9.16. The molecular formula is C17H13BrClNO3. The lowest BCUT2D eigenvalue weighted by Crippen LogP contribution is -2.11. The fourth-order valence-electron chi connectivity index (χ4n) is 1.75. The van der Waals surface area contributed by atoms with Gasteiger partial charge in [0.25, 0.3) is 0 Å². The standard InChI is InChI=1S/C17H13BrClNO3/c1-11-10-12(19)6-7-15(11)23-17(22)9-8-16(21)20-14-5-3-2-4-13(14)18/h2-10H,1H3,(H,20,21)/b9-8+. The van der Waals surface area contributed by atoms with E-state index >= 15 is 0 Å². The van der Waals surface area contributed by atoms with Gasteiger partial charge >= 0.3 is 5.97 Å². The summed E-state index contributed by atoms with van der Waals surface area (Å²) in [5, 5.41) is 3.21. The van der Waals surface area contributed by atoms with Crippen molar-refractivity contribution in [3.63, 3.8) is 0 Å². The van der Waals surface area contributed by atoms with E-state index in [0.29, 0.717) is 16.5 Å². The molecule has 0 aromatic heterocycles. The van der Waals surface area contributed by atoms with Crippen molar-refractivity contribution >= 4 is 45.1 Å². The maximum atomic E-state index is 11.8. The zero-order valence-electron chi connectivity index (χ0n) is 12.2. The first kappa shape index (κ1) is 17.2. The summed E-state index contributed by atoms with van der Waals surface area (Å²) in [7, 11) is 0. The maximum Gasteiger partial charge on any atom is 0.336 e. The Labute approximate surface area is 147 Å². The number of aryl methyl sites for hydroxylation is 1. The third-order valence-corrected chi connectivity index (χ3v) is 3.78. The topological polar surface area (TPSA) is 55.4 Å². The summed E-state index contributed by atoms with van der Waals surface area (Å²) in [5.74, 6) is -0.672. The first-order chi connectivity index (χ1) is 11.0. The van der Waals surface area contributed by atoms with Crippen LogP contribution in [0.1, 0.15) is 5.56 Å². The highest BCUT2D eigenvalue weighted by Crippen LogP contribution is 2.22. The Morgan fingerprint density at radius 3 is 2.61 bits per heavy atom. The van der Waals surface area contributed by atoms with Crippen LogP contribution < -0.4 is 10.1 Å². The van der Waals surface area contributed by atoms with Crippen LogP contribution >= 0.6 is 27.5 Å². The average molecular weight is 395 g/mol. The normalized spacial score (nSPS) is 10.6. The van der Waals surface area contributed by atoms with E-state index in [1.165, 1.54) is 0 Å². The SMILES string of the molecule is Cc1cc(Cl)ccc1OC(=O)/C=C/C(=O)Nc1ccccc1Br. The number of esters is 1. The molecule has 2 aromatic rings. The Bertz CT molecular complexity index is 774. The summed E-state index contributed by atoms with van der Waals surface area (Å²) in [6.45, 7) is 1.78. The summed E-state index contributed by atoms with van der Waals surface area (Å²) < 4.78 is 5.90. The van der Waals surface area contributed by atoms with E-state index < -0.39 is 11.9 Å². The molecule has 0 aliphatic rings. The van der Waals surface area contributed by atoms with Crippen molar-refractivity contribution in [1.29, 1.82) is 0 Å². The van der Waals surface area contributed by atoms with Crippen molar-refractivity contribution in [2.75, 3.05) is 5.32 Å². The molecule has 0 radical (unpaired) electrons. The lowest BCUT2D eigenvalue weighted by molar-refractivity contribution is -0.129. The molecule has 0 atom stereocenters. The molecule has 0 heterocycles. The molecule has 0 fully saturated rings. The molecule has 0 saturated heterocycles. The second kappa shape index (κ2) is 7.94. The van der Waals surface area contributed by atoms with E-state index in [2.05, 4.69) is 21.2 Å². The Morgan fingerprint density at radius 2 is 1.91 bits per heavy atom. The van der Waals surface area contributed by atoms with E-state index in [-0.39, 0.29) is 0 Å². The number of ether oxygens (including phenoxy) is 1. The number of carbonyl (C=O) groups is 2. The smallest absolute Gasteiger partial charge is 0.336 e. The van der Waals surface area contributed by atoms with E-state index in [1.807, 2.05) is 6.07 Å². The Kier molecular flexibility index (Phi) is 5.96. The van der Waals surface area contributed by atoms with Gasteiger partial charge in [-0.25, -0.2) is 4.79 Å². The number of carbonyl (C=O) groups excluding carboxylic acids is 2. The molecule has 1 amide bonds. The fraction of sp³-hybridized carbons (Fsp3) is 0.0588. The van der Waals surface area contributed by atoms with Crippen LogP contribution in [-0.4, -0.2) is 11.9 Å². The highest BCUT2D eigenvalue weighted by atomic mass is 79.9. The maximum absolute atomic E-state index is 11.8. The van der Waals surface area contributed by atoms with Crippen molar-refractivity contribution < 1.29 is 14.3 Å². The van der Waals surface area contributed by atoms with Crippen LogP contribution in [0.3, 0.4) is 0 Å². The van der Waals surface area contributed by atoms with Crippen LogP contribution in [0.4, 0.5) is 5.69 Å². The molecule has 6 heteroatoms. The molecule has 1 N–H and O–H groups in total. The number of anilines is 1. The van der Waals surface area contributed by atoms with Crippen molar-refractivity contribution in [3.05, 3.63) is 69.7 Å². The second-order valence-electron chi connectivity index (χ2n) is 4.63. The predicted molar refractivity (Wildman–Crippen MR) is 93.7 cm³/mol. The van der Waals surface area contributed by atoms with Crippen molar-refractivity contribution in [1.82, 2.24) is 0 Å². The number of amides is 1. The lowest BCUT2D eigenvalue weighted by atomic mass is 10.2. The molecule has 0 aliphatic heterocycles. The molecule has 0 aliphatic carbocycles. The number of rotatable bonds is 4. The molecule has 23 heavy (non-hydrogen) atoms. The van der Waals surface area contributed by atoms with Gasteiger partial charge in [-0.1, -0.05) is 23.7 Å². The molecule has 0 saturated carbocycles. The summed E-state index contributed by atoms with van der Waals surface area (Å²) in [6.07, 6.45) is 2.19. The van der Waals surface area contributed by atoms with Crippen LogP contribution in [0.2, 0.25) is 5.02 Å². The van der Waals surface area contributed by atoms with Gasteiger partial charge in [-0.2, -0.15) is 0 Å². The third kappa shape index (κ3) is 5.23.